The molecule has 0 aliphatic carbocycles. The molecule has 0 saturated heterocycles. The van der Waals surface area contributed by atoms with Crippen molar-refractivity contribution < 1.29 is 0 Å². The molecule has 5 heteroatoms. The van der Waals surface area contributed by atoms with Gasteiger partial charge in [0.15, 0.2) is 5.79 Å². The molecular formula is C12H29N5. The Kier molecular flexibility index (Phi) is 28.8. The van der Waals surface area contributed by atoms with E-state index in [1.165, 1.54) is 0 Å². The molecule has 0 radical (unpaired) electrons. The Balaban J connectivity index is -0.0000000784. The zero-order valence-electron chi connectivity index (χ0n) is 11.3. The average Bonchev–Trinajstić information content (AvgIpc) is 2.18. The Morgan fingerprint density at radius 3 is 1.06 bits per heavy atom. The molecule has 10 N–H and O–H groups in total. The number of nitrogens with two attached hydrogens (primary N) is 5. The third-order valence-corrected chi connectivity index (χ3v) is 0.680. The summed E-state index contributed by atoms with van der Waals surface area (Å²) in [5.41, 5.74) is 25.3. The van der Waals surface area contributed by atoms with Crippen molar-refractivity contribution >= 4 is 0 Å². The third kappa shape index (κ3) is 53.9. The molecule has 0 rings (SSSR count). The van der Waals surface area contributed by atoms with Crippen molar-refractivity contribution in [1.29, 1.82) is 0 Å². The van der Waals surface area contributed by atoms with Gasteiger partial charge in [-0.1, -0.05) is 18.2 Å². The van der Waals surface area contributed by atoms with E-state index < -0.39 is 5.79 Å². The van der Waals surface area contributed by atoms with Gasteiger partial charge in [0.2, 0.25) is 0 Å². The Morgan fingerprint density at radius 2 is 1.06 bits per heavy atom. The van der Waals surface area contributed by atoms with Gasteiger partial charge in [-0.15, -0.1) is 19.7 Å². The first-order valence-corrected chi connectivity index (χ1v) is 4.98. The van der Waals surface area contributed by atoms with Gasteiger partial charge in [0, 0.05) is 6.20 Å². The van der Waals surface area contributed by atoms with Crippen LogP contribution in [0, 0.1) is 0 Å². The maximum absolute atomic E-state index is 5.11. The quantitative estimate of drug-likeness (QED) is 0.344. The van der Waals surface area contributed by atoms with Crippen LogP contribution in [0.3, 0.4) is 0 Å². The molecule has 0 aromatic rings. The first kappa shape index (κ1) is 24.6. The molecule has 0 aliphatic rings. The van der Waals surface area contributed by atoms with Crippen LogP contribution in [0.1, 0.15) is 20.8 Å². The fourth-order valence-electron chi connectivity index (χ4n) is 0.144. The predicted octanol–water partition coefficient (Wildman–Crippen LogP) is 0.852. The first-order valence-electron chi connectivity index (χ1n) is 4.98. The molecule has 0 aromatic carbocycles. The maximum Gasteiger partial charge on any atom is 0.159 e. The molecular weight excluding hydrogens is 214 g/mol. The van der Waals surface area contributed by atoms with E-state index in [0.717, 1.165) is 6.20 Å². The molecule has 0 bridgehead atoms. The second kappa shape index (κ2) is 19.9. The van der Waals surface area contributed by atoms with Gasteiger partial charge in [0.05, 0.1) is 5.70 Å². The molecule has 0 unspecified atom stereocenters. The molecule has 0 aromatic heterocycles. The van der Waals surface area contributed by atoms with E-state index in [9.17, 15) is 0 Å². The van der Waals surface area contributed by atoms with Gasteiger partial charge in [-0.2, -0.15) is 0 Å². The van der Waals surface area contributed by atoms with Crippen molar-refractivity contribution in [3.63, 3.8) is 0 Å². The lowest BCUT2D eigenvalue weighted by Crippen LogP contribution is -2.61. The van der Waals surface area contributed by atoms with E-state index >= 15 is 0 Å². The van der Waals surface area contributed by atoms with Gasteiger partial charge >= 0.3 is 0 Å². The van der Waals surface area contributed by atoms with Crippen molar-refractivity contribution in [3.8, 4) is 0 Å². The van der Waals surface area contributed by atoms with Crippen LogP contribution in [-0.2, 0) is 0 Å². The van der Waals surface area contributed by atoms with Crippen molar-refractivity contribution in [1.82, 2.24) is 0 Å². The van der Waals surface area contributed by atoms with Gasteiger partial charge in [-0.05, 0) is 20.8 Å². The van der Waals surface area contributed by atoms with Gasteiger partial charge in [0.25, 0.3) is 0 Å². The van der Waals surface area contributed by atoms with Crippen molar-refractivity contribution in [3.05, 3.63) is 49.9 Å². The normalized spacial score (nSPS) is 8.94. The molecule has 0 aliphatic heterocycles. The topological polar surface area (TPSA) is 130 Å². The van der Waals surface area contributed by atoms with Crippen molar-refractivity contribution in [2.24, 2.45) is 28.7 Å². The summed E-state index contributed by atoms with van der Waals surface area (Å²) in [5, 5.41) is 0. The zero-order chi connectivity index (χ0) is 14.9. The van der Waals surface area contributed by atoms with Crippen LogP contribution < -0.4 is 28.7 Å². The summed E-state index contributed by atoms with van der Waals surface area (Å²) >= 11 is 0. The van der Waals surface area contributed by atoms with Crippen LogP contribution in [0.15, 0.2) is 49.9 Å². The van der Waals surface area contributed by atoms with E-state index in [0.29, 0.717) is 0 Å². The molecule has 0 fully saturated rings. The van der Waals surface area contributed by atoms with E-state index in [1.54, 1.807) is 18.2 Å². The molecule has 0 atom stereocenters. The molecule has 17 heavy (non-hydrogen) atoms. The largest absolute Gasteiger partial charge is 0.403 e. The van der Waals surface area contributed by atoms with Gasteiger partial charge < -0.3 is 11.5 Å². The minimum absolute atomic E-state index is 0.0671. The van der Waals surface area contributed by atoms with Crippen molar-refractivity contribution in [2.45, 2.75) is 26.6 Å². The lowest BCUT2D eigenvalue weighted by atomic mass is 10.3. The SMILES string of the molecule is C=CC.C=CC.C=CC.NC=C(N)C(N)(N)N. The highest BCUT2D eigenvalue weighted by Crippen LogP contribution is 1.86. The third-order valence-electron chi connectivity index (χ3n) is 0.680. The highest BCUT2D eigenvalue weighted by molar-refractivity contribution is 5.07. The smallest absolute Gasteiger partial charge is 0.159 e. The van der Waals surface area contributed by atoms with Crippen molar-refractivity contribution in [2.75, 3.05) is 0 Å². The summed E-state index contributed by atoms with van der Waals surface area (Å²) in [7, 11) is 0. The predicted molar refractivity (Wildman–Crippen MR) is 79.4 cm³/mol. The highest BCUT2D eigenvalue weighted by Gasteiger charge is 2.13. The lowest BCUT2D eigenvalue weighted by molar-refractivity contribution is 0.537. The fourth-order valence-corrected chi connectivity index (χ4v) is 0.144. The zero-order valence-corrected chi connectivity index (χ0v) is 11.3. The van der Waals surface area contributed by atoms with Crippen LogP contribution in [0.2, 0.25) is 0 Å². The molecule has 0 saturated carbocycles. The Labute approximate surface area is 106 Å². The summed E-state index contributed by atoms with van der Waals surface area (Å²) in [6, 6.07) is 0. The summed E-state index contributed by atoms with van der Waals surface area (Å²) < 4.78 is 0. The highest BCUT2D eigenvalue weighted by atomic mass is 15.1. The fraction of sp³-hybridized carbons (Fsp3) is 0.333. The van der Waals surface area contributed by atoms with E-state index in [1.807, 2.05) is 20.8 Å². The molecule has 5 nitrogen and oxygen atoms in total. The standard InChI is InChI=1S/C3H11N5.3C3H6/c4-1-2(5)3(6,7)8;3*1-3-2/h1H,4-8H2;3*3H,1H2,2H3. The lowest BCUT2D eigenvalue weighted by Gasteiger charge is -2.17. The first-order chi connectivity index (χ1) is 7.72. The summed E-state index contributed by atoms with van der Waals surface area (Å²) in [6.45, 7) is 15.8. The van der Waals surface area contributed by atoms with Gasteiger partial charge in [-0.25, -0.2) is 0 Å². The molecule has 0 spiro atoms. The van der Waals surface area contributed by atoms with Crippen LogP contribution in [-0.4, -0.2) is 5.79 Å². The van der Waals surface area contributed by atoms with Crippen LogP contribution in [0.25, 0.3) is 0 Å². The number of allylic oxidation sites excluding steroid dienone is 3. The monoisotopic (exact) mass is 243 g/mol. The van der Waals surface area contributed by atoms with E-state index in [2.05, 4.69) is 19.7 Å². The maximum atomic E-state index is 5.11. The summed E-state index contributed by atoms with van der Waals surface area (Å²) in [5.74, 6) is -1.48. The van der Waals surface area contributed by atoms with Crippen LogP contribution >= 0.6 is 0 Å². The Hall–Kier alpha value is -1.56. The van der Waals surface area contributed by atoms with Crippen LogP contribution in [0.4, 0.5) is 0 Å². The minimum Gasteiger partial charge on any atom is -0.403 e. The van der Waals surface area contributed by atoms with Gasteiger partial charge in [-0.3, -0.25) is 17.2 Å². The number of rotatable bonds is 1. The Bertz CT molecular complexity index is 187. The second-order valence-corrected chi connectivity index (χ2v) is 2.78. The van der Waals surface area contributed by atoms with Gasteiger partial charge in [0.1, 0.15) is 0 Å². The minimum atomic E-state index is -1.48. The van der Waals surface area contributed by atoms with Crippen LogP contribution in [0.5, 0.6) is 0 Å². The summed E-state index contributed by atoms with van der Waals surface area (Å²) in [4.78, 5) is 0. The van der Waals surface area contributed by atoms with E-state index in [-0.39, 0.29) is 5.70 Å². The summed E-state index contributed by atoms with van der Waals surface area (Å²) in [6.07, 6.45) is 6.32. The molecule has 102 valence electrons. The average molecular weight is 243 g/mol. The molecule has 0 amide bonds. The second-order valence-electron chi connectivity index (χ2n) is 2.78. The molecule has 0 heterocycles. The Morgan fingerprint density at radius 1 is 0.882 bits per heavy atom. The number of hydrogen-bond acceptors (Lipinski definition) is 5. The van der Waals surface area contributed by atoms with E-state index in [4.69, 9.17) is 28.7 Å². The number of hydrogen-bond donors (Lipinski definition) is 5.